The third-order valence-electron chi connectivity index (χ3n) is 5.57. The van der Waals surface area contributed by atoms with E-state index in [1.165, 1.54) is 35.0 Å². The molecule has 2 fully saturated rings. The van der Waals surface area contributed by atoms with Crippen molar-refractivity contribution in [3.8, 4) is 0 Å². The first-order valence-corrected chi connectivity index (χ1v) is 9.60. The Morgan fingerprint density at radius 2 is 1.80 bits per heavy atom. The maximum absolute atomic E-state index is 6.01. The fourth-order valence-electron chi connectivity index (χ4n) is 4.07. The molecule has 1 atom stereocenters. The average molecular weight is 339 g/mol. The molecule has 1 saturated heterocycles. The van der Waals surface area contributed by atoms with E-state index >= 15 is 0 Å². The van der Waals surface area contributed by atoms with Crippen molar-refractivity contribution < 1.29 is 4.74 Å². The Morgan fingerprint density at radius 3 is 2.60 bits per heavy atom. The first kappa shape index (κ1) is 16.7. The van der Waals surface area contributed by atoms with Gasteiger partial charge in [0, 0.05) is 36.5 Å². The summed E-state index contributed by atoms with van der Waals surface area (Å²) in [5, 5.41) is 6.29. The predicted molar refractivity (Wildman–Crippen MR) is 105 cm³/mol. The van der Waals surface area contributed by atoms with E-state index in [1.807, 2.05) is 0 Å². The van der Waals surface area contributed by atoms with Gasteiger partial charge in [0.15, 0.2) is 0 Å². The molecule has 0 radical (unpaired) electrons. The molecule has 25 heavy (non-hydrogen) atoms. The molecule has 0 spiro atoms. The Labute approximate surface area is 150 Å². The molecule has 4 rings (SSSR count). The van der Waals surface area contributed by atoms with Crippen LogP contribution in [0.2, 0.25) is 0 Å². The number of fused-ring (bicyclic) bond motifs is 1. The van der Waals surface area contributed by atoms with E-state index < -0.39 is 0 Å². The molecule has 1 aliphatic carbocycles. The van der Waals surface area contributed by atoms with Crippen LogP contribution in [0.4, 0.5) is 11.4 Å². The molecule has 2 aromatic carbocycles. The Bertz CT molecular complexity index is 724. The summed E-state index contributed by atoms with van der Waals surface area (Å²) >= 11 is 0. The number of hydrogen-bond acceptors (Lipinski definition) is 4. The van der Waals surface area contributed by atoms with E-state index in [4.69, 9.17) is 10.5 Å². The van der Waals surface area contributed by atoms with Crippen molar-refractivity contribution in [1.29, 1.82) is 0 Å². The lowest BCUT2D eigenvalue weighted by atomic mass is 9.91. The number of anilines is 2. The number of ether oxygens (including phenoxy) is 1. The summed E-state index contributed by atoms with van der Waals surface area (Å²) in [6, 6.07) is 14.5. The molecule has 134 valence electrons. The quantitative estimate of drug-likeness (QED) is 0.894. The second kappa shape index (κ2) is 7.22. The SMILES string of the molecule is CC1CN(c2ccc3cc(NC4CCC(N)CC4)ccc3c2)CCO1. The molecule has 0 bridgehead atoms. The van der Waals surface area contributed by atoms with Crippen LogP contribution in [0.5, 0.6) is 0 Å². The second-order valence-corrected chi connectivity index (χ2v) is 7.63. The summed E-state index contributed by atoms with van der Waals surface area (Å²) in [4.78, 5) is 2.42. The Morgan fingerprint density at radius 1 is 1.04 bits per heavy atom. The minimum absolute atomic E-state index is 0.305. The van der Waals surface area contributed by atoms with E-state index in [0.717, 1.165) is 32.5 Å². The van der Waals surface area contributed by atoms with Crippen LogP contribution in [0.25, 0.3) is 10.8 Å². The first-order chi connectivity index (χ1) is 12.2. The first-order valence-electron chi connectivity index (χ1n) is 9.60. The topological polar surface area (TPSA) is 50.5 Å². The van der Waals surface area contributed by atoms with Gasteiger partial charge in [-0.1, -0.05) is 12.1 Å². The van der Waals surface area contributed by atoms with Crippen LogP contribution >= 0.6 is 0 Å². The third-order valence-corrected chi connectivity index (χ3v) is 5.57. The summed E-state index contributed by atoms with van der Waals surface area (Å²) in [5.41, 5.74) is 8.53. The monoisotopic (exact) mass is 339 g/mol. The zero-order valence-electron chi connectivity index (χ0n) is 15.1. The lowest BCUT2D eigenvalue weighted by Gasteiger charge is -2.33. The molecular weight excluding hydrogens is 310 g/mol. The Kier molecular flexibility index (Phi) is 4.82. The van der Waals surface area contributed by atoms with Gasteiger partial charge in [-0.2, -0.15) is 0 Å². The summed E-state index contributed by atoms with van der Waals surface area (Å²) < 4.78 is 5.65. The van der Waals surface area contributed by atoms with Crippen LogP contribution in [0.15, 0.2) is 36.4 Å². The maximum Gasteiger partial charge on any atom is 0.0722 e. The zero-order chi connectivity index (χ0) is 17.2. The van der Waals surface area contributed by atoms with E-state index in [2.05, 4.69) is 53.5 Å². The molecular formula is C21H29N3O. The summed E-state index contributed by atoms with van der Waals surface area (Å²) in [5.74, 6) is 0. The van der Waals surface area contributed by atoms with Crippen molar-refractivity contribution in [3.05, 3.63) is 36.4 Å². The highest BCUT2D eigenvalue weighted by Gasteiger charge is 2.19. The average Bonchev–Trinajstić information content (AvgIpc) is 2.63. The fourth-order valence-corrected chi connectivity index (χ4v) is 4.07. The molecule has 2 aliphatic rings. The van der Waals surface area contributed by atoms with Gasteiger partial charge in [0.2, 0.25) is 0 Å². The van der Waals surface area contributed by atoms with Gasteiger partial charge in [-0.15, -0.1) is 0 Å². The van der Waals surface area contributed by atoms with E-state index in [0.29, 0.717) is 18.2 Å². The summed E-state index contributed by atoms with van der Waals surface area (Å²) in [6.45, 7) is 4.89. The summed E-state index contributed by atoms with van der Waals surface area (Å²) in [6.07, 6.45) is 4.92. The second-order valence-electron chi connectivity index (χ2n) is 7.63. The number of benzene rings is 2. The van der Waals surface area contributed by atoms with Crippen molar-refractivity contribution >= 4 is 22.1 Å². The van der Waals surface area contributed by atoms with Gasteiger partial charge < -0.3 is 20.7 Å². The number of nitrogens with two attached hydrogens (primary N) is 1. The third kappa shape index (κ3) is 3.91. The van der Waals surface area contributed by atoms with E-state index in [-0.39, 0.29) is 0 Å². The normalized spacial score (nSPS) is 27.4. The van der Waals surface area contributed by atoms with Gasteiger partial charge in [0.05, 0.1) is 12.7 Å². The van der Waals surface area contributed by atoms with Crippen molar-refractivity contribution in [2.45, 2.75) is 50.8 Å². The number of morpholine rings is 1. The Balaban J connectivity index is 1.48. The minimum Gasteiger partial charge on any atom is -0.382 e. The van der Waals surface area contributed by atoms with Gasteiger partial charge in [0.25, 0.3) is 0 Å². The smallest absolute Gasteiger partial charge is 0.0722 e. The van der Waals surface area contributed by atoms with Gasteiger partial charge >= 0.3 is 0 Å². The van der Waals surface area contributed by atoms with Gasteiger partial charge in [0.1, 0.15) is 0 Å². The lowest BCUT2D eigenvalue weighted by molar-refractivity contribution is 0.0532. The van der Waals surface area contributed by atoms with Crippen LogP contribution in [-0.2, 0) is 4.74 Å². The number of nitrogens with zero attached hydrogens (tertiary/aromatic N) is 1. The molecule has 2 aromatic rings. The van der Waals surface area contributed by atoms with Crippen LogP contribution in [0.3, 0.4) is 0 Å². The molecule has 1 aliphatic heterocycles. The zero-order valence-corrected chi connectivity index (χ0v) is 15.1. The van der Waals surface area contributed by atoms with Crippen molar-refractivity contribution in [3.63, 3.8) is 0 Å². The highest BCUT2D eigenvalue weighted by molar-refractivity contribution is 5.88. The predicted octanol–water partition coefficient (Wildman–Crippen LogP) is 3.75. The molecule has 0 amide bonds. The van der Waals surface area contributed by atoms with Gasteiger partial charge in [-0.05, 0) is 67.6 Å². The molecule has 4 heteroatoms. The number of nitrogens with one attached hydrogen (secondary N) is 1. The van der Waals surface area contributed by atoms with Gasteiger partial charge in [-0.3, -0.25) is 0 Å². The lowest BCUT2D eigenvalue weighted by Crippen LogP contribution is -2.41. The molecule has 1 saturated carbocycles. The van der Waals surface area contributed by atoms with E-state index in [9.17, 15) is 0 Å². The largest absolute Gasteiger partial charge is 0.382 e. The maximum atomic E-state index is 6.01. The molecule has 3 N–H and O–H groups in total. The van der Waals surface area contributed by atoms with Gasteiger partial charge in [-0.25, -0.2) is 0 Å². The van der Waals surface area contributed by atoms with Crippen molar-refractivity contribution in [2.75, 3.05) is 29.9 Å². The van der Waals surface area contributed by atoms with Crippen molar-refractivity contribution in [1.82, 2.24) is 0 Å². The molecule has 4 nitrogen and oxygen atoms in total. The highest BCUT2D eigenvalue weighted by atomic mass is 16.5. The van der Waals surface area contributed by atoms with Crippen LogP contribution in [0.1, 0.15) is 32.6 Å². The fraction of sp³-hybridized carbons (Fsp3) is 0.524. The minimum atomic E-state index is 0.305. The molecule has 0 aromatic heterocycles. The Hall–Kier alpha value is -1.78. The summed E-state index contributed by atoms with van der Waals surface area (Å²) in [7, 11) is 0. The number of hydrogen-bond donors (Lipinski definition) is 2. The van der Waals surface area contributed by atoms with Crippen LogP contribution in [-0.4, -0.2) is 37.9 Å². The number of rotatable bonds is 3. The van der Waals surface area contributed by atoms with Crippen molar-refractivity contribution in [2.24, 2.45) is 5.73 Å². The van der Waals surface area contributed by atoms with E-state index in [1.54, 1.807) is 0 Å². The highest BCUT2D eigenvalue weighted by Crippen LogP contribution is 2.27. The molecule has 1 heterocycles. The molecule has 1 unspecified atom stereocenters. The standard InChI is InChI=1S/C21H29N3O/c1-15-14-24(10-11-25-15)21-9-3-16-12-20(6-2-17(16)13-21)23-19-7-4-18(22)5-8-19/h2-3,6,9,12-13,15,18-19,23H,4-5,7-8,10-11,14,22H2,1H3. The van der Waals surface area contributed by atoms with Crippen LogP contribution < -0.4 is 16.0 Å². The van der Waals surface area contributed by atoms with Crippen LogP contribution in [0, 0.1) is 0 Å².